The van der Waals surface area contributed by atoms with Gasteiger partial charge in [-0.3, -0.25) is 0 Å². The fraction of sp³-hybridized carbons (Fsp3) is 0.391. The van der Waals surface area contributed by atoms with Crippen LogP contribution in [0.1, 0.15) is 23.8 Å². The number of aliphatic imine (C=N–C) groups is 1. The quantitative estimate of drug-likeness (QED) is 0.284. The van der Waals surface area contributed by atoms with Gasteiger partial charge in [-0.2, -0.15) is 0 Å². The number of aryl methyl sites for hydroxylation is 1. The van der Waals surface area contributed by atoms with E-state index in [1.54, 1.807) is 0 Å². The number of hydrogen-bond donors (Lipinski definition) is 2. The van der Waals surface area contributed by atoms with Crippen LogP contribution in [0.3, 0.4) is 0 Å². The van der Waals surface area contributed by atoms with E-state index in [1.807, 2.05) is 30.5 Å². The maximum absolute atomic E-state index is 6.01. The third kappa shape index (κ3) is 5.68. The molecule has 2 aromatic heterocycles. The van der Waals surface area contributed by atoms with Gasteiger partial charge in [0.1, 0.15) is 17.2 Å². The largest absolute Gasteiger partial charge is 0.459 e. The number of furan rings is 1. The fourth-order valence-electron chi connectivity index (χ4n) is 3.68. The van der Waals surface area contributed by atoms with Gasteiger partial charge >= 0.3 is 0 Å². The number of anilines is 1. The summed E-state index contributed by atoms with van der Waals surface area (Å²) in [5, 5.41) is 7.87. The second-order valence-electron chi connectivity index (χ2n) is 7.28. The number of hydrogen-bond acceptors (Lipinski definition) is 5. The molecule has 31 heavy (non-hydrogen) atoms. The number of pyridine rings is 1. The lowest BCUT2D eigenvalue weighted by molar-refractivity contribution is 0.122. The van der Waals surface area contributed by atoms with E-state index in [0.29, 0.717) is 13.1 Å². The zero-order valence-corrected chi connectivity index (χ0v) is 20.4. The van der Waals surface area contributed by atoms with Gasteiger partial charge in [0.2, 0.25) is 0 Å². The number of para-hydroxylation sites is 1. The third-order valence-electron chi connectivity index (χ3n) is 5.29. The fourth-order valence-corrected chi connectivity index (χ4v) is 3.68. The molecule has 0 atom stereocenters. The normalized spacial score (nSPS) is 14.4. The van der Waals surface area contributed by atoms with Crippen molar-refractivity contribution in [2.75, 3.05) is 37.7 Å². The molecule has 0 aliphatic carbocycles. The molecule has 1 aromatic carbocycles. The Balaban J connectivity index is 0.00000272. The molecule has 0 amide bonds. The second kappa shape index (κ2) is 11.3. The van der Waals surface area contributed by atoms with Crippen LogP contribution in [0.15, 0.2) is 52.0 Å². The molecule has 4 rings (SSSR count). The Morgan fingerprint density at radius 2 is 1.94 bits per heavy atom. The monoisotopic (exact) mass is 535 g/mol. The number of benzene rings is 1. The van der Waals surface area contributed by atoms with E-state index in [2.05, 4.69) is 46.5 Å². The zero-order chi connectivity index (χ0) is 20.8. The molecule has 166 valence electrons. The summed E-state index contributed by atoms with van der Waals surface area (Å²) in [5.74, 6) is 2.68. The van der Waals surface area contributed by atoms with Crippen molar-refractivity contribution < 1.29 is 9.15 Å². The van der Waals surface area contributed by atoms with Crippen molar-refractivity contribution in [3.63, 3.8) is 0 Å². The minimum absolute atomic E-state index is 0. The van der Waals surface area contributed by atoms with Crippen LogP contribution in [0, 0.1) is 6.92 Å². The number of ether oxygens (including phenoxy) is 1. The Morgan fingerprint density at radius 3 is 2.71 bits per heavy atom. The number of rotatable bonds is 6. The zero-order valence-electron chi connectivity index (χ0n) is 18.1. The summed E-state index contributed by atoms with van der Waals surface area (Å²) in [7, 11) is 0. The van der Waals surface area contributed by atoms with Gasteiger partial charge in [-0.15, -0.1) is 24.0 Å². The molecule has 1 saturated heterocycles. The molecule has 0 spiro atoms. The summed E-state index contributed by atoms with van der Waals surface area (Å²) < 4.78 is 11.5. The molecule has 2 N–H and O–H groups in total. The van der Waals surface area contributed by atoms with Crippen molar-refractivity contribution in [2.45, 2.75) is 26.9 Å². The van der Waals surface area contributed by atoms with Gasteiger partial charge in [-0.05, 0) is 26.0 Å². The molecule has 0 unspecified atom stereocenters. The Hall–Kier alpha value is -2.33. The SMILES string of the molecule is CCNC(=NCc1cccnc1N1CCOCC1)NCc1oc2ccccc2c1C.I. The molecule has 1 fully saturated rings. The van der Waals surface area contributed by atoms with Gasteiger partial charge in [0, 0.05) is 42.3 Å². The van der Waals surface area contributed by atoms with Crippen LogP contribution in [0.2, 0.25) is 0 Å². The molecular weight excluding hydrogens is 505 g/mol. The highest BCUT2D eigenvalue weighted by molar-refractivity contribution is 14.0. The Bertz CT molecular complexity index is 1010. The number of guanidine groups is 1. The third-order valence-corrected chi connectivity index (χ3v) is 5.29. The van der Waals surface area contributed by atoms with E-state index in [4.69, 9.17) is 14.1 Å². The van der Waals surface area contributed by atoms with Crippen LogP contribution in [-0.4, -0.2) is 43.8 Å². The Labute approximate surface area is 200 Å². The topological polar surface area (TPSA) is 74.9 Å². The van der Waals surface area contributed by atoms with Crippen LogP contribution < -0.4 is 15.5 Å². The summed E-state index contributed by atoms with van der Waals surface area (Å²) in [6.45, 7) is 9.26. The summed E-state index contributed by atoms with van der Waals surface area (Å²) in [6, 6.07) is 12.2. The minimum atomic E-state index is 0. The van der Waals surface area contributed by atoms with E-state index < -0.39 is 0 Å². The highest BCUT2D eigenvalue weighted by Crippen LogP contribution is 2.24. The van der Waals surface area contributed by atoms with Crippen molar-refractivity contribution in [3.8, 4) is 0 Å². The predicted octanol–water partition coefficient (Wildman–Crippen LogP) is 3.85. The number of halogens is 1. The predicted molar refractivity (Wildman–Crippen MR) is 135 cm³/mol. The van der Waals surface area contributed by atoms with Gasteiger partial charge in [-0.1, -0.05) is 24.3 Å². The van der Waals surface area contributed by atoms with Gasteiger partial charge < -0.3 is 24.7 Å². The first-order valence-electron chi connectivity index (χ1n) is 10.5. The molecular formula is C23H30IN5O2. The summed E-state index contributed by atoms with van der Waals surface area (Å²) >= 11 is 0. The van der Waals surface area contributed by atoms with E-state index in [1.165, 1.54) is 0 Å². The van der Waals surface area contributed by atoms with E-state index >= 15 is 0 Å². The van der Waals surface area contributed by atoms with Crippen molar-refractivity contribution in [3.05, 3.63) is 59.5 Å². The lowest BCUT2D eigenvalue weighted by Gasteiger charge is -2.29. The molecule has 1 aliphatic rings. The van der Waals surface area contributed by atoms with Crippen LogP contribution in [0.25, 0.3) is 11.0 Å². The first kappa shape index (κ1) is 23.3. The summed E-state index contributed by atoms with van der Waals surface area (Å²) in [4.78, 5) is 11.7. The van der Waals surface area contributed by atoms with Crippen molar-refractivity contribution in [2.24, 2.45) is 4.99 Å². The molecule has 1 aliphatic heterocycles. The van der Waals surface area contributed by atoms with Gasteiger partial charge in [-0.25, -0.2) is 9.98 Å². The van der Waals surface area contributed by atoms with Crippen molar-refractivity contribution >= 4 is 46.7 Å². The number of nitrogens with one attached hydrogen (secondary N) is 2. The smallest absolute Gasteiger partial charge is 0.191 e. The summed E-state index contributed by atoms with van der Waals surface area (Å²) in [5.41, 5.74) is 3.19. The molecule has 0 bridgehead atoms. The average molecular weight is 535 g/mol. The van der Waals surface area contributed by atoms with Crippen LogP contribution >= 0.6 is 24.0 Å². The first-order chi connectivity index (χ1) is 14.8. The Morgan fingerprint density at radius 1 is 1.13 bits per heavy atom. The number of fused-ring (bicyclic) bond motifs is 1. The minimum Gasteiger partial charge on any atom is -0.459 e. The average Bonchev–Trinajstić information content (AvgIpc) is 3.12. The lowest BCUT2D eigenvalue weighted by atomic mass is 10.1. The maximum Gasteiger partial charge on any atom is 0.191 e. The van der Waals surface area contributed by atoms with E-state index in [0.717, 1.165) is 72.5 Å². The maximum atomic E-state index is 6.01. The van der Waals surface area contributed by atoms with Gasteiger partial charge in [0.15, 0.2) is 5.96 Å². The molecule has 0 saturated carbocycles. The molecule has 8 heteroatoms. The summed E-state index contributed by atoms with van der Waals surface area (Å²) in [6.07, 6.45) is 1.84. The molecule has 0 radical (unpaired) electrons. The first-order valence-corrected chi connectivity index (χ1v) is 10.5. The van der Waals surface area contributed by atoms with Crippen LogP contribution in [0.5, 0.6) is 0 Å². The lowest BCUT2D eigenvalue weighted by Crippen LogP contribution is -2.38. The van der Waals surface area contributed by atoms with Crippen molar-refractivity contribution in [1.29, 1.82) is 0 Å². The van der Waals surface area contributed by atoms with Crippen molar-refractivity contribution in [1.82, 2.24) is 15.6 Å². The standard InChI is InChI=1S/C23H29N5O2.HI/c1-3-24-23(27-16-21-17(2)19-8-4-5-9-20(19)30-21)26-15-18-7-6-10-25-22(18)28-11-13-29-14-12-28;/h4-10H,3,11-16H2,1-2H3,(H2,24,26,27);1H. The molecule has 3 heterocycles. The number of aromatic nitrogens is 1. The highest BCUT2D eigenvalue weighted by atomic mass is 127. The second-order valence-corrected chi connectivity index (χ2v) is 7.28. The van der Waals surface area contributed by atoms with Gasteiger partial charge in [0.25, 0.3) is 0 Å². The Kier molecular flexibility index (Phi) is 8.53. The van der Waals surface area contributed by atoms with Gasteiger partial charge in [0.05, 0.1) is 26.3 Å². The number of morpholine rings is 1. The molecule has 7 nitrogen and oxygen atoms in total. The van der Waals surface area contributed by atoms with E-state index in [-0.39, 0.29) is 24.0 Å². The number of nitrogens with zero attached hydrogens (tertiary/aromatic N) is 3. The highest BCUT2D eigenvalue weighted by Gasteiger charge is 2.16. The van der Waals surface area contributed by atoms with Crippen LogP contribution in [0.4, 0.5) is 5.82 Å². The van der Waals surface area contributed by atoms with Crippen LogP contribution in [-0.2, 0) is 17.8 Å². The molecule has 3 aromatic rings. The van der Waals surface area contributed by atoms with E-state index in [9.17, 15) is 0 Å².